The average Bonchev–Trinajstić information content (AvgIpc) is 2.40. The molecule has 0 aliphatic carbocycles. The van der Waals surface area contributed by atoms with E-state index in [1.165, 1.54) is 25.3 Å². The van der Waals surface area contributed by atoms with Crippen molar-refractivity contribution in [1.82, 2.24) is 4.98 Å². The highest BCUT2D eigenvalue weighted by Crippen LogP contribution is 2.33. The lowest BCUT2D eigenvalue weighted by Gasteiger charge is -2.10. The molecule has 0 aliphatic rings. The van der Waals surface area contributed by atoms with Gasteiger partial charge in [-0.25, -0.2) is 9.37 Å². The van der Waals surface area contributed by atoms with Gasteiger partial charge in [-0.3, -0.25) is 0 Å². The number of alkyl halides is 3. The third kappa shape index (κ3) is 3.33. The first-order valence-corrected chi connectivity index (χ1v) is 5.65. The second-order valence-electron chi connectivity index (χ2n) is 4.01. The van der Waals surface area contributed by atoms with E-state index < -0.39 is 23.4 Å². The number of nitrogens with two attached hydrogens (primary N) is 1. The van der Waals surface area contributed by atoms with E-state index in [0.29, 0.717) is 18.0 Å². The Balaban J connectivity index is 2.26. The van der Waals surface area contributed by atoms with Crippen LogP contribution in [-0.4, -0.2) is 12.1 Å². The minimum absolute atomic E-state index is 0.124. The van der Waals surface area contributed by atoms with E-state index in [1.54, 1.807) is 0 Å². The van der Waals surface area contributed by atoms with Crippen LogP contribution in [0, 0.1) is 5.82 Å². The van der Waals surface area contributed by atoms with Crippen LogP contribution in [-0.2, 0) is 6.18 Å². The summed E-state index contributed by atoms with van der Waals surface area (Å²) in [6.07, 6.45) is -4.18. The first-order valence-electron chi connectivity index (χ1n) is 5.65. The summed E-state index contributed by atoms with van der Waals surface area (Å²) in [5.41, 5.74) is 4.68. The van der Waals surface area contributed by atoms with Crippen molar-refractivity contribution in [3.05, 3.63) is 41.8 Å². The topological polar surface area (TPSA) is 57.4 Å². The van der Waals surface area contributed by atoms with Crippen LogP contribution in [0.5, 0.6) is 17.4 Å². The summed E-state index contributed by atoms with van der Waals surface area (Å²) < 4.78 is 60.7. The number of halogens is 4. The van der Waals surface area contributed by atoms with Crippen molar-refractivity contribution < 1.29 is 27.0 Å². The van der Waals surface area contributed by atoms with Gasteiger partial charge in [-0.05, 0) is 18.2 Å². The summed E-state index contributed by atoms with van der Waals surface area (Å²) in [6, 6.07) is 4.56. The number of aromatic nitrogens is 1. The molecule has 0 saturated heterocycles. The van der Waals surface area contributed by atoms with Gasteiger partial charge in [-0.1, -0.05) is 0 Å². The van der Waals surface area contributed by atoms with Gasteiger partial charge >= 0.3 is 6.18 Å². The molecule has 1 aromatic carbocycles. The van der Waals surface area contributed by atoms with Crippen LogP contribution in [0.25, 0.3) is 0 Å². The van der Waals surface area contributed by atoms with Gasteiger partial charge < -0.3 is 15.2 Å². The molecule has 0 aliphatic heterocycles. The Morgan fingerprint density at radius 1 is 1.19 bits per heavy atom. The molecule has 0 unspecified atom stereocenters. The molecule has 8 heteroatoms. The summed E-state index contributed by atoms with van der Waals surface area (Å²) in [5, 5.41) is 0. The van der Waals surface area contributed by atoms with Gasteiger partial charge in [0.1, 0.15) is 11.5 Å². The molecule has 2 aromatic rings. The Kier molecular flexibility index (Phi) is 3.88. The number of ether oxygens (including phenoxy) is 2. The first-order chi connectivity index (χ1) is 9.81. The molecule has 0 saturated carbocycles. The summed E-state index contributed by atoms with van der Waals surface area (Å²) in [5.74, 6) is -1.28. The zero-order chi connectivity index (χ0) is 15.6. The summed E-state index contributed by atoms with van der Waals surface area (Å²) in [6.45, 7) is 0. The Hall–Kier alpha value is -2.51. The largest absolute Gasteiger partial charge is 0.495 e. The number of nitrogen functional groups attached to an aromatic ring is 1. The standard InChI is InChI=1S/C13H10F4N2O2/c1-20-11-3-2-8(5-10(11)18)21-12-9(14)4-7(6-19-12)13(15,16)17/h2-6H,18H2,1H3. The second-order valence-corrected chi connectivity index (χ2v) is 4.01. The van der Waals surface area contributed by atoms with E-state index >= 15 is 0 Å². The van der Waals surface area contributed by atoms with E-state index in [4.69, 9.17) is 15.2 Å². The first kappa shape index (κ1) is 14.9. The van der Waals surface area contributed by atoms with Crippen LogP contribution in [0.3, 0.4) is 0 Å². The number of rotatable bonds is 3. The van der Waals surface area contributed by atoms with Crippen molar-refractivity contribution in [3.63, 3.8) is 0 Å². The average molecular weight is 302 g/mol. The fourth-order valence-electron chi connectivity index (χ4n) is 1.54. The third-order valence-corrected chi connectivity index (χ3v) is 2.55. The molecular weight excluding hydrogens is 292 g/mol. The van der Waals surface area contributed by atoms with Crippen molar-refractivity contribution in [3.8, 4) is 17.4 Å². The Labute approximate surface area is 117 Å². The monoisotopic (exact) mass is 302 g/mol. The number of anilines is 1. The van der Waals surface area contributed by atoms with Crippen LogP contribution < -0.4 is 15.2 Å². The number of pyridine rings is 1. The number of hydrogen-bond acceptors (Lipinski definition) is 4. The normalized spacial score (nSPS) is 11.3. The molecular formula is C13H10F4N2O2. The fourth-order valence-corrected chi connectivity index (χ4v) is 1.54. The van der Waals surface area contributed by atoms with Crippen LogP contribution >= 0.6 is 0 Å². The van der Waals surface area contributed by atoms with E-state index in [0.717, 1.165) is 0 Å². The summed E-state index contributed by atoms with van der Waals surface area (Å²) in [7, 11) is 1.42. The lowest BCUT2D eigenvalue weighted by atomic mass is 10.2. The molecule has 1 aromatic heterocycles. The SMILES string of the molecule is COc1ccc(Oc2ncc(C(F)(F)F)cc2F)cc1N. The Bertz CT molecular complexity index is 659. The van der Waals surface area contributed by atoms with Crippen molar-refractivity contribution in [1.29, 1.82) is 0 Å². The molecule has 0 atom stereocenters. The quantitative estimate of drug-likeness (QED) is 0.695. The highest BCUT2D eigenvalue weighted by atomic mass is 19.4. The highest BCUT2D eigenvalue weighted by molar-refractivity contribution is 5.56. The van der Waals surface area contributed by atoms with Gasteiger partial charge in [0, 0.05) is 12.3 Å². The van der Waals surface area contributed by atoms with E-state index in [2.05, 4.69) is 4.98 Å². The predicted molar refractivity (Wildman–Crippen MR) is 66.7 cm³/mol. The van der Waals surface area contributed by atoms with Crippen LogP contribution in [0.1, 0.15) is 5.56 Å². The van der Waals surface area contributed by atoms with Crippen molar-refractivity contribution in [2.24, 2.45) is 0 Å². The molecule has 0 bridgehead atoms. The number of hydrogen-bond donors (Lipinski definition) is 1. The van der Waals surface area contributed by atoms with Gasteiger partial charge in [0.2, 0.25) is 0 Å². The number of methoxy groups -OCH3 is 1. The highest BCUT2D eigenvalue weighted by Gasteiger charge is 2.32. The molecule has 0 fully saturated rings. The maximum Gasteiger partial charge on any atom is 0.417 e. The Morgan fingerprint density at radius 2 is 1.90 bits per heavy atom. The fraction of sp³-hybridized carbons (Fsp3) is 0.154. The molecule has 0 radical (unpaired) electrons. The Morgan fingerprint density at radius 3 is 2.43 bits per heavy atom. The van der Waals surface area contributed by atoms with E-state index in [1.807, 2.05) is 0 Å². The van der Waals surface area contributed by atoms with Gasteiger partial charge in [-0.2, -0.15) is 13.2 Å². The molecule has 0 spiro atoms. The lowest BCUT2D eigenvalue weighted by Crippen LogP contribution is -2.07. The third-order valence-electron chi connectivity index (χ3n) is 2.55. The van der Waals surface area contributed by atoms with Gasteiger partial charge in [-0.15, -0.1) is 0 Å². The zero-order valence-corrected chi connectivity index (χ0v) is 10.7. The second kappa shape index (κ2) is 5.47. The minimum Gasteiger partial charge on any atom is -0.495 e. The molecule has 0 amide bonds. The lowest BCUT2D eigenvalue weighted by molar-refractivity contribution is -0.138. The predicted octanol–water partition coefficient (Wildman–Crippen LogP) is 3.62. The van der Waals surface area contributed by atoms with E-state index in [9.17, 15) is 17.6 Å². The maximum absolute atomic E-state index is 13.6. The molecule has 112 valence electrons. The zero-order valence-electron chi connectivity index (χ0n) is 10.7. The maximum atomic E-state index is 13.6. The van der Waals surface area contributed by atoms with Gasteiger partial charge in [0.05, 0.1) is 18.4 Å². The van der Waals surface area contributed by atoms with Crippen molar-refractivity contribution in [2.75, 3.05) is 12.8 Å². The van der Waals surface area contributed by atoms with Crippen molar-refractivity contribution >= 4 is 5.69 Å². The number of benzene rings is 1. The van der Waals surface area contributed by atoms with Gasteiger partial charge in [0.25, 0.3) is 5.88 Å². The van der Waals surface area contributed by atoms with Crippen LogP contribution in [0.2, 0.25) is 0 Å². The molecule has 21 heavy (non-hydrogen) atoms. The number of nitrogens with zero attached hydrogens (tertiary/aromatic N) is 1. The summed E-state index contributed by atoms with van der Waals surface area (Å²) in [4.78, 5) is 3.32. The smallest absolute Gasteiger partial charge is 0.417 e. The summed E-state index contributed by atoms with van der Waals surface area (Å²) >= 11 is 0. The minimum atomic E-state index is -4.67. The van der Waals surface area contributed by atoms with Crippen LogP contribution in [0.4, 0.5) is 23.2 Å². The molecule has 2 N–H and O–H groups in total. The van der Waals surface area contributed by atoms with Gasteiger partial charge in [0.15, 0.2) is 5.82 Å². The molecule has 1 heterocycles. The molecule has 2 rings (SSSR count). The van der Waals surface area contributed by atoms with Crippen LogP contribution in [0.15, 0.2) is 30.5 Å². The van der Waals surface area contributed by atoms with Crippen molar-refractivity contribution in [2.45, 2.75) is 6.18 Å². The van der Waals surface area contributed by atoms with E-state index in [-0.39, 0.29) is 11.4 Å². The molecule has 4 nitrogen and oxygen atoms in total.